The molecule has 5 rings (SSSR count). The van der Waals surface area contributed by atoms with Crippen molar-refractivity contribution in [3.8, 4) is 11.1 Å². The van der Waals surface area contributed by atoms with Crippen LogP contribution in [-0.4, -0.2) is 4.92 Å². The minimum Gasteiger partial charge on any atom is -0.258 e. The quantitative estimate of drug-likeness (QED) is 0.121. The highest BCUT2D eigenvalue weighted by Crippen LogP contribution is 2.42. The van der Waals surface area contributed by atoms with Gasteiger partial charge in [0.2, 0.25) is 0 Å². The predicted molar refractivity (Wildman–Crippen MR) is 143 cm³/mol. The molecule has 3 heteroatoms. The first-order chi connectivity index (χ1) is 16.4. The molecule has 0 N–H and O–H groups in total. The van der Waals surface area contributed by atoms with Crippen molar-refractivity contribution >= 4 is 39.4 Å². The summed E-state index contributed by atoms with van der Waals surface area (Å²) in [7, 11) is 0. The first-order valence-corrected chi connectivity index (χ1v) is 11.4. The van der Waals surface area contributed by atoms with Crippen LogP contribution in [0.3, 0.4) is 0 Å². The Balaban J connectivity index is 1.79. The number of aryl methyl sites for hydroxylation is 3. The van der Waals surface area contributed by atoms with Crippen LogP contribution in [0.4, 0.5) is 5.69 Å². The van der Waals surface area contributed by atoms with E-state index in [2.05, 4.69) is 87.5 Å². The molecule has 0 heterocycles. The second kappa shape index (κ2) is 8.60. The van der Waals surface area contributed by atoms with E-state index in [1.54, 1.807) is 24.3 Å². The summed E-state index contributed by atoms with van der Waals surface area (Å²) >= 11 is 0. The summed E-state index contributed by atoms with van der Waals surface area (Å²) in [6, 6.07) is 28.3. The average Bonchev–Trinajstić information content (AvgIpc) is 2.82. The maximum Gasteiger partial charge on any atom is 0.269 e. The summed E-state index contributed by atoms with van der Waals surface area (Å²) in [5, 5.41) is 15.8. The highest BCUT2D eigenvalue weighted by atomic mass is 16.6. The Morgan fingerprint density at radius 3 is 1.65 bits per heavy atom. The molecule has 0 aliphatic heterocycles. The van der Waals surface area contributed by atoms with Crippen molar-refractivity contribution in [1.82, 2.24) is 0 Å². The number of nitrogens with zero attached hydrogens (tertiary/aromatic N) is 1. The molecule has 0 amide bonds. The Morgan fingerprint density at radius 1 is 0.647 bits per heavy atom. The van der Waals surface area contributed by atoms with Gasteiger partial charge in [0.15, 0.2) is 0 Å². The van der Waals surface area contributed by atoms with Gasteiger partial charge in [0.05, 0.1) is 4.92 Å². The van der Waals surface area contributed by atoms with E-state index in [1.807, 2.05) is 6.08 Å². The number of benzene rings is 5. The van der Waals surface area contributed by atoms with Gasteiger partial charge in [-0.3, -0.25) is 10.1 Å². The first-order valence-electron chi connectivity index (χ1n) is 11.4. The maximum atomic E-state index is 11.0. The van der Waals surface area contributed by atoms with Crippen molar-refractivity contribution in [2.24, 2.45) is 0 Å². The largest absolute Gasteiger partial charge is 0.269 e. The lowest BCUT2D eigenvalue weighted by atomic mass is 9.84. The van der Waals surface area contributed by atoms with Crippen LogP contribution in [-0.2, 0) is 0 Å². The number of rotatable bonds is 4. The fourth-order valence-electron chi connectivity index (χ4n) is 5.07. The number of hydrogen-bond donors (Lipinski definition) is 0. The van der Waals surface area contributed by atoms with E-state index in [4.69, 9.17) is 0 Å². The predicted octanol–water partition coefficient (Wildman–Crippen LogP) is 8.66. The summed E-state index contributed by atoms with van der Waals surface area (Å²) in [4.78, 5) is 10.6. The van der Waals surface area contributed by atoms with Gasteiger partial charge < -0.3 is 0 Å². The normalized spacial score (nSPS) is 11.5. The van der Waals surface area contributed by atoms with Crippen LogP contribution < -0.4 is 0 Å². The lowest BCUT2D eigenvalue weighted by Crippen LogP contribution is -1.95. The third kappa shape index (κ3) is 3.75. The first kappa shape index (κ1) is 21.6. The van der Waals surface area contributed by atoms with Gasteiger partial charge in [0.1, 0.15) is 0 Å². The zero-order valence-electron chi connectivity index (χ0n) is 19.5. The molecule has 0 saturated heterocycles. The second-order valence-electron chi connectivity index (χ2n) is 8.84. The van der Waals surface area contributed by atoms with Crippen molar-refractivity contribution in [3.05, 3.63) is 123 Å². The lowest BCUT2D eigenvalue weighted by molar-refractivity contribution is -0.384. The van der Waals surface area contributed by atoms with Gasteiger partial charge in [0.25, 0.3) is 5.69 Å². The van der Waals surface area contributed by atoms with Crippen LogP contribution >= 0.6 is 0 Å². The van der Waals surface area contributed by atoms with Gasteiger partial charge in [0, 0.05) is 12.1 Å². The summed E-state index contributed by atoms with van der Waals surface area (Å²) in [6.45, 7) is 6.54. The van der Waals surface area contributed by atoms with E-state index >= 15 is 0 Å². The Labute approximate surface area is 199 Å². The highest BCUT2D eigenvalue weighted by molar-refractivity contribution is 6.18. The Morgan fingerprint density at radius 2 is 1.15 bits per heavy atom. The zero-order chi connectivity index (χ0) is 23.8. The maximum absolute atomic E-state index is 11.0. The van der Waals surface area contributed by atoms with Crippen LogP contribution in [0.1, 0.15) is 27.8 Å². The molecule has 34 heavy (non-hydrogen) atoms. The van der Waals surface area contributed by atoms with Gasteiger partial charge >= 0.3 is 0 Å². The summed E-state index contributed by atoms with van der Waals surface area (Å²) in [5.41, 5.74) is 8.57. The van der Waals surface area contributed by atoms with Crippen molar-refractivity contribution in [3.63, 3.8) is 0 Å². The summed E-state index contributed by atoms with van der Waals surface area (Å²) in [5.74, 6) is 0. The minimum atomic E-state index is -0.373. The van der Waals surface area contributed by atoms with Crippen molar-refractivity contribution in [2.45, 2.75) is 20.8 Å². The number of hydrogen-bond acceptors (Lipinski definition) is 2. The van der Waals surface area contributed by atoms with Crippen molar-refractivity contribution in [2.75, 3.05) is 0 Å². The molecule has 0 aromatic heterocycles. The molecule has 0 spiro atoms. The summed E-state index contributed by atoms with van der Waals surface area (Å²) in [6.07, 6.45) is 4.16. The molecule has 0 radical (unpaired) electrons. The van der Waals surface area contributed by atoms with E-state index < -0.39 is 0 Å². The molecular weight excluding hydrogens is 418 g/mol. The van der Waals surface area contributed by atoms with Crippen LogP contribution in [0, 0.1) is 30.9 Å². The molecule has 0 unspecified atom stereocenters. The SMILES string of the molecule is Cc1cc(C)c(-c2c3ccccc3c(/C=C/c3ccc([N+](=O)[O-])cc3)c3ccccc23)c(C)c1. The Bertz CT molecular complexity index is 1510. The van der Waals surface area contributed by atoms with E-state index in [-0.39, 0.29) is 10.6 Å². The number of nitro groups is 1. The second-order valence-corrected chi connectivity index (χ2v) is 8.84. The molecule has 0 aliphatic rings. The average molecular weight is 444 g/mol. The number of non-ortho nitro benzene ring substituents is 1. The van der Waals surface area contributed by atoms with E-state index in [9.17, 15) is 10.1 Å². The van der Waals surface area contributed by atoms with Crippen molar-refractivity contribution in [1.29, 1.82) is 0 Å². The summed E-state index contributed by atoms with van der Waals surface area (Å²) < 4.78 is 0. The van der Waals surface area contributed by atoms with Gasteiger partial charge in [-0.15, -0.1) is 0 Å². The number of nitro benzene ring substituents is 1. The van der Waals surface area contributed by atoms with Crippen LogP contribution in [0.15, 0.2) is 84.9 Å². The minimum absolute atomic E-state index is 0.0984. The van der Waals surface area contributed by atoms with Gasteiger partial charge in [-0.05, 0) is 87.8 Å². The van der Waals surface area contributed by atoms with E-state index in [0.29, 0.717) is 0 Å². The molecule has 5 aromatic carbocycles. The van der Waals surface area contributed by atoms with E-state index in [0.717, 1.165) is 11.1 Å². The standard InChI is InChI=1S/C31H25NO2/c1-20-18-21(2)30(22(3)19-20)31-28-10-6-4-8-25(28)27(26-9-5-7-11-29(26)31)17-14-23-12-15-24(16-13-23)32(33)34/h4-19H,1-3H3/b17-14+. The molecule has 0 atom stereocenters. The topological polar surface area (TPSA) is 43.1 Å². The monoisotopic (exact) mass is 443 g/mol. The van der Waals surface area contributed by atoms with Gasteiger partial charge in [-0.2, -0.15) is 0 Å². The molecule has 0 bridgehead atoms. The molecule has 166 valence electrons. The van der Waals surface area contributed by atoms with E-state index in [1.165, 1.54) is 49.4 Å². The van der Waals surface area contributed by atoms with Gasteiger partial charge in [-0.25, -0.2) is 0 Å². The molecule has 0 saturated carbocycles. The van der Waals surface area contributed by atoms with Crippen LogP contribution in [0.25, 0.3) is 44.8 Å². The lowest BCUT2D eigenvalue weighted by Gasteiger charge is -2.19. The zero-order valence-corrected chi connectivity index (χ0v) is 19.5. The fourth-order valence-corrected chi connectivity index (χ4v) is 5.07. The number of fused-ring (bicyclic) bond motifs is 2. The smallest absolute Gasteiger partial charge is 0.258 e. The van der Waals surface area contributed by atoms with Crippen LogP contribution in [0.2, 0.25) is 0 Å². The highest BCUT2D eigenvalue weighted by Gasteiger charge is 2.17. The molecular formula is C31H25NO2. The van der Waals surface area contributed by atoms with Crippen molar-refractivity contribution < 1.29 is 4.92 Å². The van der Waals surface area contributed by atoms with Gasteiger partial charge in [-0.1, -0.05) is 78.4 Å². The fraction of sp³-hybridized carbons (Fsp3) is 0.0968. The Hall–Kier alpha value is -4.24. The van der Waals surface area contributed by atoms with Crippen LogP contribution in [0.5, 0.6) is 0 Å². The third-order valence-corrected chi connectivity index (χ3v) is 6.45. The molecule has 5 aromatic rings. The molecule has 0 fully saturated rings. The molecule has 0 aliphatic carbocycles. The third-order valence-electron chi connectivity index (χ3n) is 6.45. The molecule has 3 nitrogen and oxygen atoms in total. The Kier molecular flexibility index (Phi) is 5.46.